The van der Waals surface area contributed by atoms with Crippen LogP contribution in [0.5, 0.6) is 0 Å². The molecule has 1 aliphatic carbocycles. The maximum absolute atomic E-state index is 10.3. The van der Waals surface area contributed by atoms with Gasteiger partial charge in [-0.1, -0.05) is 27.2 Å². The monoisotopic (exact) mass is 298 g/mol. The van der Waals surface area contributed by atoms with Crippen molar-refractivity contribution in [1.82, 2.24) is 0 Å². The zero-order chi connectivity index (χ0) is 15.2. The molecule has 2 rings (SSSR count). The molecule has 124 valence electrons. The first-order chi connectivity index (χ1) is 10.1. The Morgan fingerprint density at radius 3 is 2.52 bits per heavy atom. The van der Waals surface area contributed by atoms with E-state index in [1.165, 1.54) is 51.6 Å². The fourth-order valence-corrected chi connectivity index (χ4v) is 4.19. The molecule has 1 heterocycles. The van der Waals surface area contributed by atoms with Gasteiger partial charge in [0.25, 0.3) is 0 Å². The number of rotatable bonds is 6. The van der Waals surface area contributed by atoms with Crippen LogP contribution in [0.4, 0.5) is 0 Å². The molecule has 1 saturated heterocycles. The number of quaternary nitrogens is 1. The van der Waals surface area contributed by atoms with Crippen LogP contribution in [-0.4, -0.2) is 43.6 Å². The fourth-order valence-electron chi connectivity index (χ4n) is 4.19. The normalized spacial score (nSPS) is 33.3. The minimum Gasteiger partial charge on any atom is -0.385 e. The van der Waals surface area contributed by atoms with E-state index in [0.29, 0.717) is 24.5 Å². The quantitative estimate of drug-likeness (QED) is 0.785. The van der Waals surface area contributed by atoms with Crippen molar-refractivity contribution >= 4 is 0 Å². The number of aliphatic hydroxyl groups is 1. The van der Waals surface area contributed by atoms with Crippen LogP contribution in [0, 0.1) is 17.8 Å². The maximum atomic E-state index is 10.3. The highest BCUT2D eigenvalue weighted by atomic mass is 16.5. The standard InChI is InChI=1S/C18H35NO2/c1-14(2)17-8-7-15(3)11-18(17)21-13-16(20)12-19-9-5-4-6-10-19/h14-18,20H,4-13H2,1-3H3/p+1. The van der Waals surface area contributed by atoms with Gasteiger partial charge < -0.3 is 14.7 Å². The van der Waals surface area contributed by atoms with E-state index in [1.54, 1.807) is 4.90 Å². The largest absolute Gasteiger partial charge is 0.385 e. The number of aliphatic hydroxyl groups excluding tert-OH is 1. The first kappa shape index (κ1) is 17.2. The predicted octanol–water partition coefficient (Wildman–Crippen LogP) is 1.89. The van der Waals surface area contributed by atoms with Crippen molar-refractivity contribution in [3.63, 3.8) is 0 Å². The van der Waals surface area contributed by atoms with Gasteiger partial charge in [-0.25, -0.2) is 0 Å². The van der Waals surface area contributed by atoms with Gasteiger partial charge in [-0.15, -0.1) is 0 Å². The molecule has 21 heavy (non-hydrogen) atoms. The third-order valence-electron chi connectivity index (χ3n) is 5.55. The minimum absolute atomic E-state index is 0.289. The van der Waals surface area contributed by atoms with E-state index in [9.17, 15) is 5.11 Å². The van der Waals surface area contributed by atoms with Crippen LogP contribution < -0.4 is 4.90 Å². The van der Waals surface area contributed by atoms with Crippen molar-refractivity contribution in [2.75, 3.05) is 26.2 Å². The molecule has 0 aromatic rings. The molecule has 0 spiro atoms. The summed E-state index contributed by atoms with van der Waals surface area (Å²) in [5.74, 6) is 2.14. The summed E-state index contributed by atoms with van der Waals surface area (Å²) < 4.78 is 6.17. The van der Waals surface area contributed by atoms with E-state index < -0.39 is 0 Å². The van der Waals surface area contributed by atoms with Crippen molar-refractivity contribution in [1.29, 1.82) is 0 Å². The van der Waals surface area contributed by atoms with Crippen LogP contribution in [0.25, 0.3) is 0 Å². The van der Waals surface area contributed by atoms with E-state index in [2.05, 4.69) is 20.8 Å². The first-order valence-electron chi connectivity index (χ1n) is 9.19. The Balaban J connectivity index is 1.73. The molecule has 0 aromatic heterocycles. The Hall–Kier alpha value is -0.120. The van der Waals surface area contributed by atoms with Crippen LogP contribution in [0.15, 0.2) is 0 Å². The average Bonchev–Trinajstić information content (AvgIpc) is 2.46. The van der Waals surface area contributed by atoms with Crippen molar-refractivity contribution in [3.05, 3.63) is 0 Å². The smallest absolute Gasteiger partial charge is 0.126 e. The molecule has 2 N–H and O–H groups in total. The molecule has 0 bridgehead atoms. The van der Waals surface area contributed by atoms with E-state index >= 15 is 0 Å². The molecular weight excluding hydrogens is 262 g/mol. The first-order valence-corrected chi connectivity index (χ1v) is 9.19. The topological polar surface area (TPSA) is 33.9 Å². The van der Waals surface area contributed by atoms with Gasteiger partial charge in [-0.05, 0) is 49.9 Å². The molecule has 0 radical (unpaired) electrons. The average molecular weight is 298 g/mol. The molecular formula is C18H36NO2+. The van der Waals surface area contributed by atoms with E-state index in [-0.39, 0.29) is 6.10 Å². The molecule has 1 aliphatic heterocycles. The lowest BCUT2D eigenvalue weighted by Crippen LogP contribution is -3.14. The Kier molecular flexibility index (Phi) is 6.97. The molecule has 0 aromatic carbocycles. The third kappa shape index (κ3) is 5.54. The highest BCUT2D eigenvalue weighted by Crippen LogP contribution is 2.35. The van der Waals surface area contributed by atoms with Gasteiger partial charge >= 0.3 is 0 Å². The summed E-state index contributed by atoms with van der Waals surface area (Å²) in [6.45, 7) is 10.8. The number of likely N-dealkylation sites (tertiary alicyclic amines) is 1. The minimum atomic E-state index is -0.289. The highest BCUT2D eigenvalue weighted by molar-refractivity contribution is 4.81. The Labute approximate surface area is 131 Å². The lowest BCUT2D eigenvalue weighted by Gasteiger charge is -2.37. The summed E-state index contributed by atoms with van der Waals surface area (Å²) in [5, 5.41) is 10.3. The number of hydrogen-bond donors (Lipinski definition) is 2. The lowest BCUT2D eigenvalue weighted by molar-refractivity contribution is -0.908. The van der Waals surface area contributed by atoms with E-state index in [0.717, 1.165) is 12.5 Å². The molecule has 0 amide bonds. The van der Waals surface area contributed by atoms with Crippen LogP contribution in [0.3, 0.4) is 0 Å². The Morgan fingerprint density at radius 1 is 1.14 bits per heavy atom. The third-order valence-corrected chi connectivity index (χ3v) is 5.55. The second-order valence-corrected chi connectivity index (χ2v) is 7.87. The van der Waals surface area contributed by atoms with Crippen molar-refractivity contribution in [2.45, 2.75) is 71.5 Å². The molecule has 4 unspecified atom stereocenters. The van der Waals surface area contributed by atoms with Crippen molar-refractivity contribution < 1.29 is 14.7 Å². The molecule has 4 atom stereocenters. The Bertz CT molecular complexity index is 289. The zero-order valence-corrected chi connectivity index (χ0v) is 14.3. The van der Waals surface area contributed by atoms with Gasteiger partial charge in [0.1, 0.15) is 12.6 Å². The van der Waals surface area contributed by atoms with Gasteiger partial charge in [-0.2, -0.15) is 0 Å². The van der Waals surface area contributed by atoms with Crippen LogP contribution in [0.2, 0.25) is 0 Å². The molecule has 3 heteroatoms. The highest BCUT2D eigenvalue weighted by Gasteiger charge is 2.32. The SMILES string of the molecule is CC1CCC(C(C)C)C(OCC(O)C[NH+]2CCCCC2)C1. The second kappa shape index (κ2) is 8.50. The number of ether oxygens (including phenoxy) is 1. The maximum Gasteiger partial charge on any atom is 0.126 e. The van der Waals surface area contributed by atoms with Crippen molar-refractivity contribution in [2.24, 2.45) is 17.8 Å². The molecule has 2 fully saturated rings. The van der Waals surface area contributed by atoms with Gasteiger partial charge in [0.2, 0.25) is 0 Å². The van der Waals surface area contributed by atoms with E-state index in [1.807, 2.05) is 0 Å². The molecule has 2 aliphatic rings. The second-order valence-electron chi connectivity index (χ2n) is 7.87. The van der Waals surface area contributed by atoms with Gasteiger partial charge in [0.05, 0.1) is 25.8 Å². The number of piperidine rings is 1. The summed E-state index contributed by atoms with van der Waals surface area (Å²) >= 11 is 0. The number of nitrogens with one attached hydrogen (secondary N) is 1. The van der Waals surface area contributed by atoms with Crippen molar-refractivity contribution in [3.8, 4) is 0 Å². The van der Waals surface area contributed by atoms with Crippen LogP contribution >= 0.6 is 0 Å². The number of hydrogen-bond acceptors (Lipinski definition) is 2. The summed E-state index contributed by atoms with van der Waals surface area (Å²) in [6.07, 6.45) is 7.87. The summed E-state index contributed by atoms with van der Waals surface area (Å²) in [6, 6.07) is 0. The Morgan fingerprint density at radius 2 is 1.86 bits per heavy atom. The summed E-state index contributed by atoms with van der Waals surface area (Å²) in [5.41, 5.74) is 0. The van der Waals surface area contributed by atoms with Crippen LogP contribution in [-0.2, 0) is 4.74 Å². The zero-order valence-electron chi connectivity index (χ0n) is 14.3. The molecule has 3 nitrogen and oxygen atoms in total. The van der Waals surface area contributed by atoms with Crippen LogP contribution in [0.1, 0.15) is 59.3 Å². The summed E-state index contributed by atoms with van der Waals surface area (Å²) in [7, 11) is 0. The summed E-state index contributed by atoms with van der Waals surface area (Å²) in [4.78, 5) is 1.56. The van der Waals surface area contributed by atoms with E-state index in [4.69, 9.17) is 4.74 Å². The molecule has 1 saturated carbocycles. The lowest BCUT2D eigenvalue weighted by atomic mass is 9.75. The van der Waals surface area contributed by atoms with Gasteiger partial charge in [0, 0.05) is 0 Å². The van der Waals surface area contributed by atoms with Gasteiger partial charge in [0.15, 0.2) is 0 Å². The van der Waals surface area contributed by atoms with Gasteiger partial charge in [-0.3, -0.25) is 0 Å². The predicted molar refractivity (Wildman–Crippen MR) is 86.5 cm³/mol. The fraction of sp³-hybridized carbons (Fsp3) is 1.00.